The van der Waals surface area contributed by atoms with Crippen LogP contribution in [0.1, 0.15) is 10.4 Å². The van der Waals surface area contributed by atoms with Gasteiger partial charge in [-0.05, 0) is 42.5 Å². The van der Waals surface area contributed by atoms with Crippen molar-refractivity contribution in [3.05, 3.63) is 85.3 Å². The number of hydrogen-bond acceptors (Lipinski definition) is 19. The number of rotatable bonds is 16. The number of carbonyl (C=O) groups is 1. The highest BCUT2D eigenvalue weighted by atomic mass is 32.3. The van der Waals surface area contributed by atoms with Crippen molar-refractivity contribution >= 4 is 67.9 Å². The Morgan fingerprint density at radius 2 is 1.16 bits per heavy atom. The third kappa shape index (κ3) is 11.5. The van der Waals surface area contributed by atoms with Gasteiger partial charge in [-0.2, -0.15) is 35.5 Å². The van der Waals surface area contributed by atoms with Crippen LogP contribution in [0.15, 0.2) is 83.0 Å². The summed E-state index contributed by atoms with van der Waals surface area (Å²) in [6, 6.07) is 6.56. The molecule has 0 aliphatic rings. The third-order valence-corrected chi connectivity index (χ3v) is 11.2. The molecule has 0 spiro atoms. The van der Waals surface area contributed by atoms with Crippen molar-refractivity contribution in [3.63, 3.8) is 0 Å². The second kappa shape index (κ2) is 15.4. The highest BCUT2D eigenvalue weighted by Crippen LogP contribution is 2.25. The smallest absolute Gasteiger partial charge is 0.397 e. The van der Waals surface area contributed by atoms with Crippen LogP contribution in [0, 0.1) is 0 Å². The standard InChI is InChI=1S/C23H22N4O19S5/c28-18-12-16(23(30)31)20(22(29)21(18)27-24-13-1-3-14(4-2-13)47(32,33)9-7-45-50(39,40)41)26-25-17-6-5-15(11-19(17)49(36,37)38)48(34,35)10-8-46-51(42,43)44/h1-6,11-12,24-25H,7-10H2,(H,30,31)(H,36,37,38)(H,39,40,41)(H,42,43,44). The van der Waals surface area contributed by atoms with Crippen molar-refractivity contribution < 1.29 is 74.0 Å². The summed E-state index contributed by atoms with van der Waals surface area (Å²) in [5.41, 5.74) is -0.180. The molecule has 28 heteroatoms. The number of hydrogen-bond donors (Lipinski definition) is 6. The van der Waals surface area contributed by atoms with Crippen LogP contribution < -0.4 is 32.4 Å². The van der Waals surface area contributed by atoms with Crippen LogP contribution in [-0.4, -0.2) is 91.5 Å². The minimum Gasteiger partial charge on any atom is -0.478 e. The summed E-state index contributed by atoms with van der Waals surface area (Å²) in [4.78, 5) is 35.2. The van der Waals surface area contributed by atoms with Crippen LogP contribution in [0.3, 0.4) is 0 Å². The second-order valence-corrected chi connectivity index (χ2v) is 17.3. The highest BCUT2D eigenvalue weighted by molar-refractivity contribution is 7.92. The van der Waals surface area contributed by atoms with E-state index in [9.17, 15) is 66.1 Å². The van der Waals surface area contributed by atoms with E-state index in [0.717, 1.165) is 30.3 Å². The predicted octanol–water partition coefficient (Wildman–Crippen LogP) is -2.73. The molecule has 3 rings (SSSR count). The van der Waals surface area contributed by atoms with Gasteiger partial charge in [-0.3, -0.25) is 34.1 Å². The zero-order valence-corrected chi connectivity index (χ0v) is 28.9. The maximum absolute atomic E-state index is 13.2. The lowest BCUT2D eigenvalue weighted by Gasteiger charge is -2.10. The molecule has 0 bridgehead atoms. The van der Waals surface area contributed by atoms with Crippen molar-refractivity contribution in [2.75, 3.05) is 35.6 Å². The van der Waals surface area contributed by atoms with E-state index in [0.29, 0.717) is 18.2 Å². The topological polar surface area (TPSA) is 370 Å². The van der Waals surface area contributed by atoms with Crippen LogP contribution in [-0.2, 0) is 59.0 Å². The van der Waals surface area contributed by atoms with Crippen molar-refractivity contribution in [3.8, 4) is 0 Å². The number of anilines is 2. The Bertz CT molecular complexity index is 2650. The van der Waals surface area contributed by atoms with Gasteiger partial charge < -0.3 is 5.11 Å². The van der Waals surface area contributed by atoms with Gasteiger partial charge in [0, 0.05) is 6.07 Å². The molecule has 3 aromatic carbocycles. The van der Waals surface area contributed by atoms with Gasteiger partial charge in [0.1, 0.15) is 10.3 Å². The highest BCUT2D eigenvalue weighted by Gasteiger charge is 2.23. The molecule has 0 radical (unpaired) electrons. The first-order valence-electron chi connectivity index (χ1n) is 12.9. The van der Waals surface area contributed by atoms with E-state index in [1.54, 1.807) is 0 Å². The Morgan fingerprint density at radius 1 is 0.667 bits per heavy atom. The second-order valence-electron chi connectivity index (χ2n) is 9.50. The van der Waals surface area contributed by atoms with Gasteiger partial charge >= 0.3 is 26.8 Å². The molecule has 51 heavy (non-hydrogen) atoms. The van der Waals surface area contributed by atoms with Crippen LogP contribution in [0.25, 0.3) is 0 Å². The van der Waals surface area contributed by atoms with Gasteiger partial charge in [0.25, 0.3) is 10.1 Å². The van der Waals surface area contributed by atoms with E-state index in [4.69, 9.17) is 9.11 Å². The molecule has 6 N–H and O–H groups in total. The average Bonchev–Trinajstić information content (AvgIpc) is 2.98. The average molecular weight is 819 g/mol. The van der Waals surface area contributed by atoms with E-state index >= 15 is 0 Å². The van der Waals surface area contributed by atoms with Gasteiger partial charge in [-0.1, -0.05) is 0 Å². The largest absolute Gasteiger partial charge is 0.478 e. The molecular formula is C23H22N4O19S5. The molecule has 0 heterocycles. The number of sulfone groups is 2. The maximum atomic E-state index is 13.2. The Hall–Kier alpha value is -4.52. The van der Waals surface area contributed by atoms with Gasteiger partial charge in [0.2, 0.25) is 10.9 Å². The molecule has 0 amide bonds. The number of aromatic carboxylic acids is 1. The lowest BCUT2D eigenvalue weighted by Crippen LogP contribution is -2.50. The fraction of sp³-hybridized carbons (Fsp3) is 0.174. The summed E-state index contributed by atoms with van der Waals surface area (Å²) in [5, 5.41) is 14.7. The van der Waals surface area contributed by atoms with E-state index < -0.39 is 124 Å². The Balaban J connectivity index is 2.00. The molecule has 3 aromatic rings. The van der Waals surface area contributed by atoms with Crippen LogP contribution in [0.4, 0.5) is 11.4 Å². The van der Waals surface area contributed by atoms with Crippen molar-refractivity contribution in [2.45, 2.75) is 14.7 Å². The predicted molar refractivity (Wildman–Crippen MR) is 168 cm³/mol. The number of nitrogens with one attached hydrogen (secondary N) is 2. The van der Waals surface area contributed by atoms with E-state index in [2.05, 4.69) is 24.0 Å². The normalized spacial score (nSPS) is 13.6. The SMILES string of the molecule is O=C(O)c1cc(=O)c(=NNc2ccc(S(=O)(=O)CCOS(=O)(=O)O)cc2)c(=O)c1=NNc1ccc(S(=O)(=O)CCOS(=O)(=O)O)cc1S(=O)(=O)O. The molecule has 0 aliphatic carbocycles. The molecule has 0 saturated heterocycles. The molecule has 0 atom stereocenters. The fourth-order valence-corrected chi connectivity index (χ4v) is 7.44. The molecular weight excluding hydrogens is 797 g/mol. The zero-order valence-electron chi connectivity index (χ0n) is 24.8. The lowest BCUT2D eigenvalue weighted by molar-refractivity contribution is 0.0694. The fourth-order valence-electron chi connectivity index (χ4n) is 3.70. The van der Waals surface area contributed by atoms with Crippen molar-refractivity contribution in [1.29, 1.82) is 0 Å². The van der Waals surface area contributed by atoms with Crippen LogP contribution >= 0.6 is 0 Å². The summed E-state index contributed by atoms with van der Waals surface area (Å²) in [6.07, 6.45) is 0. The molecule has 23 nitrogen and oxygen atoms in total. The Labute approximate surface area is 286 Å². The van der Waals surface area contributed by atoms with Gasteiger partial charge in [0.05, 0.1) is 51.4 Å². The third-order valence-electron chi connectivity index (χ3n) is 5.98. The lowest BCUT2D eigenvalue weighted by atomic mass is 10.2. The van der Waals surface area contributed by atoms with Gasteiger partial charge in [-0.25, -0.2) is 30.0 Å². The summed E-state index contributed by atoms with van der Waals surface area (Å²) < 4.78 is 151. The van der Waals surface area contributed by atoms with Crippen molar-refractivity contribution in [2.24, 2.45) is 10.2 Å². The van der Waals surface area contributed by atoms with E-state index in [1.807, 2.05) is 5.43 Å². The number of benzene rings is 3. The minimum absolute atomic E-state index is 0.0294. The number of nitrogens with zero attached hydrogens (tertiary/aromatic N) is 2. The van der Waals surface area contributed by atoms with E-state index in [1.165, 1.54) is 0 Å². The minimum atomic E-state index is -5.28. The monoisotopic (exact) mass is 818 g/mol. The summed E-state index contributed by atoms with van der Waals surface area (Å²) >= 11 is 0. The first-order chi connectivity index (χ1) is 23.3. The number of carboxylic acid groups (broad SMARTS) is 1. The molecule has 278 valence electrons. The maximum Gasteiger partial charge on any atom is 0.397 e. The molecule has 0 saturated carbocycles. The quantitative estimate of drug-likeness (QED) is 0.0631. The van der Waals surface area contributed by atoms with E-state index in [-0.39, 0.29) is 10.6 Å². The van der Waals surface area contributed by atoms with Gasteiger partial charge in [0.15, 0.2) is 25.0 Å². The Kier molecular flexibility index (Phi) is 12.3. The Morgan fingerprint density at radius 3 is 1.65 bits per heavy atom. The molecule has 0 fully saturated rings. The number of carboxylic acids is 1. The molecule has 0 unspecified atom stereocenters. The molecule has 0 aromatic heterocycles. The van der Waals surface area contributed by atoms with Crippen LogP contribution in [0.2, 0.25) is 0 Å². The van der Waals surface area contributed by atoms with Crippen LogP contribution in [0.5, 0.6) is 0 Å². The summed E-state index contributed by atoms with van der Waals surface area (Å²) in [6.45, 7) is -1.98. The molecule has 0 aliphatic heterocycles. The van der Waals surface area contributed by atoms with Gasteiger partial charge in [-0.15, -0.1) is 0 Å². The summed E-state index contributed by atoms with van der Waals surface area (Å²) in [7, 11) is -23.8. The van der Waals surface area contributed by atoms with Crippen molar-refractivity contribution in [1.82, 2.24) is 0 Å². The first-order valence-corrected chi connectivity index (χ1v) is 20.4. The zero-order chi connectivity index (χ0) is 38.6. The first kappa shape index (κ1) is 40.9. The summed E-state index contributed by atoms with van der Waals surface area (Å²) in [5.74, 6) is -3.79.